The van der Waals surface area contributed by atoms with Crippen LogP contribution in [0.3, 0.4) is 0 Å². The molecule has 0 atom stereocenters. The van der Waals surface area contributed by atoms with Gasteiger partial charge in [-0.2, -0.15) is 0 Å². The lowest BCUT2D eigenvalue weighted by Gasteiger charge is -2.14. The van der Waals surface area contributed by atoms with Crippen LogP contribution in [0.25, 0.3) is 6.08 Å². The molecule has 4 nitrogen and oxygen atoms in total. The Morgan fingerprint density at radius 3 is 1.81 bits per heavy atom. The van der Waals surface area contributed by atoms with Crippen LogP contribution in [-0.2, 0) is 27.2 Å². The molecule has 1 rings (SSSR count). The minimum absolute atomic E-state index is 0.347. The maximum Gasteiger partial charge on any atom is 0.330 e. The van der Waals surface area contributed by atoms with E-state index in [9.17, 15) is 9.59 Å². The Morgan fingerprint density at radius 1 is 0.923 bits per heavy atom. The summed E-state index contributed by atoms with van der Waals surface area (Å²) in [6.45, 7) is 9.50. The van der Waals surface area contributed by atoms with Crippen molar-refractivity contribution in [2.75, 3.05) is 7.11 Å². The Hall–Kier alpha value is -2.62. The summed E-state index contributed by atoms with van der Waals surface area (Å²) in [7, 11) is 1.34. The first-order valence-corrected chi connectivity index (χ1v) is 8.60. The molecule has 140 valence electrons. The van der Waals surface area contributed by atoms with E-state index in [4.69, 9.17) is 4.74 Å². The predicted molar refractivity (Wildman–Crippen MR) is 105 cm³/mol. The average Bonchev–Trinajstić information content (AvgIpc) is 2.56. The van der Waals surface area contributed by atoms with Gasteiger partial charge < -0.3 is 9.47 Å². The molecule has 26 heavy (non-hydrogen) atoms. The van der Waals surface area contributed by atoms with E-state index >= 15 is 0 Å². The highest BCUT2D eigenvalue weighted by Crippen LogP contribution is 2.29. The quantitative estimate of drug-likeness (QED) is 0.304. The molecule has 0 saturated heterocycles. The molecule has 0 aliphatic rings. The van der Waals surface area contributed by atoms with E-state index in [0.717, 1.165) is 16.7 Å². The van der Waals surface area contributed by atoms with Crippen molar-refractivity contribution in [2.45, 2.75) is 47.5 Å². The molecule has 0 amide bonds. The molecular formula is C22H28O4. The van der Waals surface area contributed by atoms with Gasteiger partial charge in [0.05, 0.1) is 7.11 Å². The van der Waals surface area contributed by atoms with Crippen LogP contribution in [0.2, 0.25) is 0 Å². The molecule has 4 heteroatoms. The summed E-state index contributed by atoms with van der Waals surface area (Å²) in [5.41, 5.74) is 5.04. The second kappa shape index (κ2) is 10.4. The second-order valence-corrected chi connectivity index (χ2v) is 6.59. The summed E-state index contributed by atoms with van der Waals surface area (Å²) in [6, 6.07) is 3.87. The van der Waals surface area contributed by atoms with Crippen molar-refractivity contribution >= 4 is 18.0 Å². The van der Waals surface area contributed by atoms with Crippen LogP contribution in [0.5, 0.6) is 5.75 Å². The number of carbonyl (C=O) groups is 2. The molecule has 0 bridgehead atoms. The molecule has 0 radical (unpaired) electrons. The molecule has 0 saturated carbocycles. The predicted octanol–water partition coefficient (Wildman–Crippen LogP) is 4.82. The summed E-state index contributed by atoms with van der Waals surface area (Å²) in [5, 5.41) is 0. The summed E-state index contributed by atoms with van der Waals surface area (Å²) < 4.78 is 10.2. The minimum Gasteiger partial charge on any atom is -0.466 e. The first-order valence-electron chi connectivity index (χ1n) is 8.60. The van der Waals surface area contributed by atoms with Crippen molar-refractivity contribution in [1.82, 2.24) is 0 Å². The smallest absolute Gasteiger partial charge is 0.330 e. The Kier molecular flexibility index (Phi) is 8.56. The van der Waals surface area contributed by atoms with E-state index in [-0.39, 0.29) is 5.97 Å². The van der Waals surface area contributed by atoms with Crippen LogP contribution in [-0.4, -0.2) is 19.0 Å². The van der Waals surface area contributed by atoms with Crippen LogP contribution >= 0.6 is 0 Å². The van der Waals surface area contributed by atoms with Gasteiger partial charge in [-0.05, 0) is 75.4 Å². The molecule has 0 spiro atoms. The third-order valence-electron chi connectivity index (χ3n) is 3.58. The maximum absolute atomic E-state index is 11.6. The van der Waals surface area contributed by atoms with E-state index in [0.29, 0.717) is 18.6 Å². The third-order valence-corrected chi connectivity index (χ3v) is 3.58. The highest BCUT2D eigenvalue weighted by atomic mass is 16.5. The SMILES string of the molecule is COC(=O)C=Cc1cc(CC=C(C)C)c(OC(C)=O)c(CC=C(C)C)c1. The maximum atomic E-state index is 11.6. The van der Waals surface area contributed by atoms with Crippen molar-refractivity contribution in [3.8, 4) is 5.75 Å². The van der Waals surface area contributed by atoms with Gasteiger partial charge in [0.25, 0.3) is 0 Å². The standard InChI is InChI=1S/C22H28O4/c1-15(2)7-10-19-13-18(9-12-21(24)25-6)14-20(11-8-16(3)4)22(19)26-17(5)23/h7-9,12-14H,10-11H2,1-6H3. The number of ether oxygens (including phenoxy) is 2. The lowest BCUT2D eigenvalue weighted by molar-refractivity contribution is -0.135. The summed E-state index contributed by atoms with van der Waals surface area (Å²) >= 11 is 0. The molecule has 1 aromatic rings. The van der Waals surface area contributed by atoms with Gasteiger partial charge in [0, 0.05) is 13.0 Å². The fourth-order valence-corrected chi connectivity index (χ4v) is 2.32. The number of allylic oxidation sites excluding steroid dienone is 4. The van der Waals surface area contributed by atoms with E-state index < -0.39 is 5.97 Å². The molecule has 0 fully saturated rings. The number of hydrogen-bond donors (Lipinski definition) is 0. The first-order chi connectivity index (χ1) is 12.2. The second-order valence-electron chi connectivity index (χ2n) is 6.59. The Balaban J connectivity index is 3.47. The van der Waals surface area contributed by atoms with Crippen LogP contribution in [0.4, 0.5) is 0 Å². The zero-order valence-corrected chi connectivity index (χ0v) is 16.5. The van der Waals surface area contributed by atoms with Crippen LogP contribution in [0.1, 0.15) is 51.3 Å². The molecule has 0 heterocycles. The normalized spacial score (nSPS) is 10.4. The highest BCUT2D eigenvalue weighted by molar-refractivity contribution is 5.87. The number of benzene rings is 1. The molecule has 0 unspecified atom stereocenters. The number of rotatable bonds is 7. The Labute approximate surface area is 156 Å². The third kappa shape index (κ3) is 7.51. The Bertz CT molecular complexity index is 702. The monoisotopic (exact) mass is 356 g/mol. The Morgan fingerprint density at radius 2 is 1.42 bits per heavy atom. The van der Waals surface area contributed by atoms with Gasteiger partial charge in [-0.25, -0.2) is 4.79 Å². The molecule has 0 aromatic heterocycles. The first kappa shape index (κ1) is 21.4. The molecule has 1 aromatic carbocycles. The van der Waals surface area contributed by atoms with Gasteiger partial charge in [0.1, 0.15) is 5.75 Å². The van der Waals surface area contributed by atoms with Gasteiger partial charge >= 0.3 is 11.9 Å². The largest absolute Gasteiger partial charge is 0.466 e. The number of hydrogen-bond acceptors (Lipinski definition) is 4. The number of esters is 2. The van der Waals surface area contributed by atoms with Crippen molar-refractivity contribution in [3.05, 3.63) is 58.2 Å². The van der Waals surface area contributed by atoms with Crippen molar-refractivity contribution < 1.29 is 19.1 Å². The van der Waals surface area contributed by atoms with E-state index in [1.54, 1.807) is 6.08 Å². The molecule has 0 aliphatic carbocycles. The lowest BCUT2D eigenvalue weighted by atomic mass is 9.98. The topological polar surface area (TPSA) is 52.6 Å². The zero-order valence-electron chi connectivity index (χ0n) is 16.5. The average molecular weight is 356 g/mol. The van der Waals surface area contributed by atoms with Crippen molar-refractivity contribution in [2.24, 2.45) is 0 Å². The number of carbonyl (C=O) groups excluding carboxylic acids is 2. The molecular weight excluding hydrogens is 328 g/mol. The summed E-state index contributed by atoms with van der Waals surface area (Å²) in [6.07, 6.45) is 8.55. The van der Waals surface area contributed by atoms with Crippen molar-refractivity contribution in [1.29, 1.82) is 0 Å². The molecule has 0 N–H and O–H groups in total. The van der Waals surface area contributed by atoms with Gasteiger partial charge in [-0.15, -0.1) is 0 Å². The fourth-order valence-electron chi connectivity index (χ4n) is 2.32. The zero-order chi connectivity index (χ0) is 19.7. The number of methoxy groups -OCH3 is 1. The van der Waals surface area contributed by atoms with Crippen LogP contribution in [0, 0.1) is 0 Å². The molecule has 0 aliphatic heterocycles. The van der Waals surface area contributed by atoms with E-state index in [1.165, 1.54) is 31.3 Å². The lowest BCUT2D eigenvalue weighted by Crippen LogP contribution is -2.07. The highest BCUT2D eigenvalue weighted by Gasteiger charge is 2.13. The van der Waals surface area contributed by atoms with Crippen LogP contribution in [0.15, 0.2) is 41.5 Å². The van der Waals surface area contributed by atoms with Gasteiger partial charge in [-0.1, -0.05) is 23.3 Å². The van der Waals surface area contributed by atoms with Crippen molar-refractivity contribution in [3.63, 3.8) is 0 Å². The van der Waals surface area contributed by atoms with E-state index in [1.807, 2.05) is 39.8 Å². The van der Waals surface area contributed by atoms with Gasteiger partial charge in [0.2, 0.25) is 0 Å². The van der Waals surface area contributed by atoms with Gasteiger partial charge in [-0.3, -0.25) is 4.79 Å². The summed E-state index contributed by atoms with van der Waals surface area (Å²) in [5.74, 6) is -0.159. The fraction of sp³-hybridized carbons (Fsp3) is 0.364. The van der Waals surface area contributed by atoms with E-state index in [2.05, 4.69) is 16.9 Å². The van der Waals surface area contributed by atoms with Crippen LogP contribution < -0.4 is 4.74 Å². The summed E-state index contributed by atoms with van der Waals surface area (Å²) in [4.78, 5) is 23.0. The minimum atomic E-state index is -0.411. The van der Waals surface area contributed by atoms with Gasteiger partial charge in [0.15, 0.2) is 0 Å².